The van der Waals surface area contributed by atoms with E-state index in [2.05, 4.69) is 0 Å². The molecule has 102 valence electrons. The van der Waals surface area contributed by atoms with E-state index in [0.29, 0.717) is 11.1 Å². The molecule has 1 aliphatic heterocycles. The number of carbonyl (C=O) groups is 1. The van der Waals surface area contributed by atoms with Gasteiger partial charge in [0.05, 0.1) is 17.2 Å². The molecule has 5 heteroatoms. The summed E-state index contributed by atoms with van der Waals surface area (Å²) in [6.07, 6.45) is 1.51. The maximum absolute atomic E-state index is 12.1. The Morgan fingerprint density at radius 3 is 2.48 bits per heavy atom. The van der Waals surface area contributed by atoms with E-state index in [1.807, 2.05) is 6.07 Å². The lowest BCUT2D eigenvalue weighted by Gasteiger charge is -2.02. The van der Waals surface area contributed by atoms with Crippen LogP contribution in [-0.2, 0) is 0 Å². The first-order chi connectivity index (χ1) is 10.1. The summed E-state index contributed by atoms with van der Waals surface area (Å²) in [5.74, 6) is -1.16. The molecule has 2 aromatic rings. The zero-order valence-electron chi connectivity index (χ0n) is 10.7. The summed E-state index contributed by atoms with van der Waals surface area (Å²) < 4.78 is 5.33. The molecule has 0 aromatic heterocycles. The van der Waals surface area contributed by atoms with E-state index >= 15 is 0 Å². The van der Waals surface area contributed by atoms with Crippen molar-refractivity contribution in [3.63, 3.8) is 0 Å². The molecule has 2 N–H and O–H groups in total. The van der Waals surface area contributed by atoms with Gasteiger partial charge < -0.3 is 14.9 Å². The van der Waals surface area contributed by atoms with Crippen molar-refractivity contribution in [3.8, 4) is 23.3 Å². The highest BCUT2D eigenvalue weighted by atomic mass is 16.5. The van der Waals surface area contributed by atoms with E-state index in [-0.39, 0.29) is 28.6 Å². The van der Waals surface area contributed by atoms with E-state index in [0.717, 1.165) is 0 Å². The van der Waals surface area contributed by atoms with Crippen molar-refractivity contribution in [3.05, 3.63) is 58.8 Å². The number of fused-ring (bicyclic) bond motifs is 1. The average molecular weight is 279 g/mol. The van der Waals surface area contributed by atoms with Gasteiger partial charge in [0.1, 0.15) is 0 Å². The summed E-state index contributed by atoms with van der Waals surface area (Å²) in [5.41, 5.74) is 1.40. The number of hydrogen-bond donors (Lipinski definition) is 2. The van der Waals surface area contributed by atoms with Gasteiger partial charge in [0.15, 0.2) is 17.3 Å². The van der Waals surface area contributed by atoms with Gasteiger partial charge in [-0.2, -0.15) is 5.26 Å². The molecule has 2 aromatic carbocycles. The predicted molar refractivity (Wildman–Crippen MR) is 73.9 cm³/mol. The smallest absolute Gasteiger partial charge is 0.232 e. The fraction of sp³-hybridized carbons (Fsp3) is 0. The van der Waals surface area contributed by atoms with Crippen LogP contribution in [0.25, 0.3) is 6.08 Å². The van der Waals surface area contributed by atoms with Gasteiger partial charge in [-0.15, -0.1) is 0 Å². The number of hydrogen-bond acceptors (Lipinski definition) is 5. The lowest BCUT2D eigenvalue weighted by Crippen LogP contribution is -1.97. The summed E-state index contributed by atoms with van der Waals surface area (Å²) in [6, 6.07) is 11.3. The van der Waals surface area contributed by atoms with Crippen molar-refractivity contribution in [2.75, 3.05) is 0 Å². The number of aromatic hydroxyl groups is 2. The van der Waals surface area contributed by atoms with Crippen LogP contribution in [0.3, 0.4) is 0 Å². The predicted octanol–water partition coefficient (Wildman–Crippen LogP) is 2.59. The van der Waals surface area contributed by atoms with Crippen LogP contribution in [0.2, 0.25) is 0 Å². The maximum atomic E-state index is 12.1. The Hall–Kier alpha value is -3.26. The highest BCUT2D eigenvalue weighted by Gasteiger charge is 2.31. The van der Waals surface area contributed by atoms with E-state index in [1.54, 1.807) is 24.3 Å². The van der Waals surface area contributed by atoms with Crippen LogP contribution in [0.4, 0.5) is 0 Å². The van der Waals surface area contributed by atoms with Crippen molar-refractivity contribution < 1.29 is 19.7 Å². The minimum atomic E-state index is -0.455. The molecular weight excluding hydrogens is 270 g/mol. The van der Waals surface area contributed by atoms with Gasteiger partial charge in [-0.1, -0.05) is 12.1 Å². The van der Waals surface area contributed by atoms with Gasteiger partial charge in [0.25, 0.3) is 0 Å². The minimum absolute atomic E-state index is 0.0418. The maximum Gasteiger partial charge on any atom is 0.232 e. The van der Waals surface area contributed by atoms with Crippen molar-refractivity contribution in [1.29, 1.82) is 5.26 Å². The Labute approximate surface area is 120 Å². The Kier molecular flexibility index (Phi) is 2.85. The normalized spacial score (nSPS) is 14.6. The third-order valence-electron chi connectivity index (χ3n) is 3.13. The third-order valence-corrected chi connectivity index (χ3v) is 3.13. The molecule has 0 saturated heterocycles. The molecule has 1 aliphatic rings. The van der Waals surface area contributed by atoms with Gasteiger partial charge in [-0.05, 0) is 35.9 Å². The highest BCUT2D eigenvalue weighted by Crippen LogP contribution is 2.44. The van der Waals surface area contributed by atoms with Crippen LogP contribution in [0.15, 0.2) is 42.2 Å². The molecule has 0 saturated carbocycles. The number of ketones is 1. The van der Waals surface area contributed by atoms with E-state index in [4.69, 9.17) is 10.00 Å². The van der Waals surface area contributed by atoms with Crippen LogP contribution < -0.4 is 4.74 Å². The zero-order valence-corrected chi connectivity index (χ0v) is 10.7. The van der Waals surface area contributed by atoms with Crippen LogP contribution in [0, 0.1) is 11.3 Å². The third kappa shape index (κ3) is 2.09. The molecule has 5 nitrogen and oxygen atoms in total. The molecule has 0 bridgehead atoms. The number of nitriles is 1. The van der Waals surface area contributed by atoms with Crippen LogP contribution in [0.1, 0.15) is 21.5 Å². The number of nitrogens with zero attached hydrogens (tertiary/aromatic N) is 1. The summed E-state index contributed by atoms with van der Waals surface area (Å²) >= 11 is 0. The van der Waals surface area contributed by atoms with Crippen molar-refractivity contribution in [2.45, 2.75) is 0 Å². The van der Waals surface area contributed by atoms with E-state index in [1.165, 1.54) is 18.2 Å². The molecule has 0 radical (unpaired) electrons. The Morgan fingerprint density at radius 1 is 1.10 bits per heavy atom. The van der Waals surface area contributed by atoms with Gasteiger partial charge >= 0.3 is 0 Å². The second-order valence-corrected chi connectivity index (χ2v) is 4.48. The van der Waals surface area contributed by atoms with Crippen LogP contribution >= 0.6 is 0 Å². The number of allylic oxidation sites excluding steroid dienone is 1. The first kappa shape index (κ1) is 12.8. The largest absolute Gasteiger partial charge is 0.504 e. The van der Waals surface area contributed by atoms with E-state index < -0.39 is 5.75 Å². The second kappa shape index (κ2) is 4.69. The number of carbonyl (C=O) groups excluding carboxylic acids is 1. The second-order valence-electron chi connectivity index (χ2n) is 4.48. The van der Waals surface area contributed by atoms with Gasteiger partial charge in [-0.25, -0.2) is 0 Å². The molecule has 21 heavy (non-hydrogen) atoms. The Morgan fingerprint density at radius 2 is 1.81 bits per heavy atom. The summed E-state index contributed by atoms with van der Waals surface area (Å²) in [5, 5.41) is 27.8. The number of rotatable bonds is 1. The van der Waals surface area contributed by atoms with Crippen LogP contribution in [-0.4, -0.2) is 16.0 Å². The quantitative estimate of drug-likeness (QED) is 0.618. The molecule has 0 unspecified atom stereocenters. The van der Waals surface area contributed by atoms with Crippen LogP contribution in [0.5, 0.6) is 17.2 Å². The number of benzene rings is 2. The first-order valence-electron chi connectivity index (χ1n) is 6.09. The van der Waals surface area contributed by atoms with Crippen molar-refractivity contribution in [1.82, 2.24) is 0 Å². The molecule has 1 heterocycles. The average Bonchev–Trinajstić information content (AvgIpc) is 2.81. The molecular formula is C16H9NO4. The summed E-state index contributed by atoms with van der Waals surface area (Å²) in [6.45, 7) is 0. The Bertz CT molecular complexity index is 813. The zero-order chi connectivity index (χ0) is 15.0. The first-order valence-corrected chi connectivity index (χ1v) is 6.09. The van der Waals surface area contributed by atoms with Gasteiger partial charge in [0.2, 0.25) is 11.5 Å². The molecule has 0 fully saturated rings. The lowest BCUT2D eigenvalue weighted by atomic mass is 10.1. The Balaban J connectivity index is 1.99. The van der Waals surface area contributed by atoms with Crippen molar-refractivity contribution >= 4 is 11.9 Å². The minimum Gasteiger partial charge on any atom is -0.504 e. The molecule has 0 atom stereocenters. The summed E-state index contributed by atoms with van der Waals surface area (Å²) in [4.78, 5) is 12.1. The fourth-order valence-corrected chi connectivity index (χ4v) is 2.03. The molecule has 0 aliphatic carbocycles. The SMILES string of the molecule is N#Cc1ccc(/C=C2/Oc3c(ccc(O)c3O)C2=O)cc1. The summed E-state index contributed by atoms with van der Waals surface area (Å²) in [7, 11) is 0. The number of Topliss-reactive ketones (excluding diaryl/α,β-unsaturated/α-hetero) is 1. The number of phenolic OH excluding ortho intramolecular Hbond substituents is 2. The molecule has 0 spiro atoms. The topological polar surface area (TPSA) is 90.6 Å². The number of ether oxygens (including phenoxy) is 1. The standard InChI is InChI=1S/C16H9NO4/c17-8-10-3-1-9(2-4-10)7-13-14(19)11-5-6-12(18)15(20)16(11)21-13/h1-7,18,20H/b13-7+. The number of phenols is 2. The highest BCUT2D eigenvalue weighted by molar-refractivity contribution is 6.15. The van der Waals surface area contributed by atoms with Gasteiger partial charge in [-0.3, -0.25) is 4.79 Å². The lowest BCUT2D eigenvalue weighted by molar-refractivity contribution is 0.101. The monoisotopic (exact) mass is 279 g/mol. The van der Waals surface area contributed by atoms with Crippen molar-refractivity contribution in [2.24, 2.45) is 0 Å². The van der Waals surface area contributed by atoms with Gasteiger partial charge in [0, 0.05) is 0 Å². The molecule has 0 amide bonds. The molecule has 3 rings (SSSR count). The van der Waals surface area contributed by atoms with E-state index in [9.17, 15) is 15.0 Å². The fourth-order valence-electron chi connectivity index (χ4n) is 2.03.